The lowest BCUT2D eigenvalue weighted by molar-refractivity contribution is -0.143. The normalized spacial score (nSPS) is 24.9. The molecular formula is C77H95ClF4N10O16S2. The van der Waals surface area contributed by atoms with Crippen LogP contribution in [0.25, 0.3) is 22.3 Å². The number of alkyl halides is 4. The summed E-state index contributed by atoms with van der Waals surface area (Å²) in [4.78, 5) is 120. The van der Waals surface area contributed by atoms with Crippen LogP contribution in [0.15, 0.2) is 107 Å². The number of likely N-dealkylation sites (tertiary alicyclic amines) is 2. The van der Waals surface area contributed by atoms with Gasteiger partial charge in [0, 0.05) is 46.7 Å². The second kappa shape index (κ2) is 32.5. The molecule has 110 heavy (non-hydrogen) atoms. The number of ether oxygens (including phenoxy) is 2. The number of nitrogens with two attached hydrogens (primary N) is 1. The SMILES string of the molecule is C.CC(C)(C)[C@H](N)C(=O)N1C[C@H](ON=C2c3ccccc3-c3ccccc32)C[C@H]1C(=O)N[C@]1(C(=O)NS(=O)(=O)C2CC2)C[C@H]1C(F)F.CC(C)(C)[C@H](NC(=O)OC1CCCC1)C(=O)N1C[C@H](ON=C2c3ccccc3-c3ccccc32)C[C@H]1C(=O)N[C@]1(C(=O)NS(=O)(=O)C2CC2)C[C@H]1C(F)F.O=C(Cl)OC1CCCC1. The van der Waals surface area contributed by atoms with Crippen LogP contribution < -0.4 is 31.1 Å². The first kappa shape index (κ1) is 82.2. The van der Waals surface area contributed by atoms with Gasteiger partial charge >= 0.3 is 11.5 Å². The van der Waals surface area contributed by atoms with Gasteiger partial charge < -0.3 is 50.6 Å². The predicted octanol–water partition coefficient (Wildman–Crippen LogP) is 9.71. The fraction of sp³-hybridized carbons (Fsp3) is 0.558. The van der Waals surface area contributed by atoms with Gasteiger partial charge in [0.2, 0.25) is 56.5 Å². The van der Waals surface area contributed by atoms with E-state index in [0.29, 0.717) is 49.9 Å². The van der Waals surface area contributed by atoms with Gasteiger partial charge in [-0.3, -0.25) is 38.2 Å². The van der Waals surface area contributed by atoms with E-state index < -0.39 is 173 Å². The van der Waals surface area contributed by atoms with Gasteiger partial charge in [-0.1, -0.05) is 156 Å². The summed E-state index contributed by atoms with van der Waals surface area (Å²) >= 11 is 5.00. The van der Waals surface area contributed by atoms with E-state index in [1.165, 1.54) is 9.80 Å². The van der Waals surface area contributed by atoms with Crippen LogP contribution in [0.2, 0.25) is 0 Å². The lowest BCUT2D eigenvalue weighted by Crippen LogP contribution is -2.60. The summed E-state index contributed by atoms with van der Waals surface area (Å²) in [6, 6.07) is 26.0. The number of carbonyl (C=O) groups excluding carboxylic acids is 8. The molecule has 596 valence electrons. The number of oxime groups is 2. The van der Waals surface area contributed by atoms with Crippen molar-refractivity contribution in [1.82, 2.24) is 35.2 Å². The average molecular weight is 1590 g/mol. The zero-order valence-electron chi connectivity index (χ0n) is 61.2. The Bertz CT molecular complexity index is 4410. The predicted molar refractivity (Wildman–Crippen MR) is 399 cm³/mol. The number of amides is 7. The van der Waals surface area contributed by atoms with E-state index >= 15 is 0 Å². The minimum atomic E-state index is -4.12. The molecule has 26 nitrogen and oxygen atoms in total. The molecule has 0 unspecified atom stereocenters. The minimum absolute atomic E-state index is 0. The largest absolute Gasteiger partial charge is 0.450 e. The lowest BCUT2D eigenvalue weighted by atomic mass is 9.85. The summed E-state index contributed by atoms with van der Waals surface area (Å²) in [5, 5.41) is 14.9. The monoisotopic (exact) mass is 1590 g/mol. The second-order valence-electron chi connectivity index (χ2n) is 31.9. The zero-order valence-corrected chi connectivity index (χ0v) is 63.5. The summed E-state index contributed by atoms with van der Waals surface area (Å²) < 4.78 is 120. The Hall–Kier alpha value is -8.75. The molecule has 2 heterocycles. The van der Waals surface area contributed by atoms with Crippen LogP contribution in [-0.4, -0.2) is 181 Å². The van der Waals surface area contributed by atoms with Crippen LogP contribution >= 0.6 is 11.6 Å². The molecule has 0 aromatic heterocycles. The van der Waals surface area contributed by atoms with Crippen molar-refractivity contribution >= 4 is 90.0 Å². The van der Waals surface area contributed by atoms with Gasteiger partial charge in [0.25, 0.3) is 11.8 Å². The Morgan fingerprint density at radius 2 is 0.845 bits per heavy atom. The number of halogens is 5. The third-order valence-corrected chi connectivity index (χ3v) is 25.6. The number of nitrogens with one attached hydrogen (secondary N) is 5. The number of benzene rings is 4. The van der Waals surface area contributed by atoms with Crippen LogP contribution in [0.1, 0.15) is 174 Å². The summed E-state index contributed by atoms with van der Waals surface area (Å²) in [5.41, 5.74) is 8.17. The van der Waals surface area contributed by atoms with E-state index in [9.17, 15) is 72.8 Å². The van der Waals surface area contributed by atoms with Crippen LogP contribution in [0, 0.1) is 22.7 Å². The van der Waals surface area contributed by atoms with Gasteiger partial charge in [0.05, 0.1) is 41.5 Å². The van der Waals surface area contributed by atoms with Gasteiger partial charge in [-0.05, 0) is 123 Å². The van der Waals surface area contributed by atoms with E-state index in [4.69, 9.17) is 36.5 Å². The molecule has 4 aromatic carbocycles. The van der Waals surface area contributed by atoms with E-state index in [-0.39, 0.29) is 45.6 Å². The Labute approximate surface area is 641 Å². The molecule has 8 fully saturated rings. The Kier molecular flexibility index (Phi) is 24.3. The molecule has 0 radical (unpaired) electrons. The fourth-order valence-electron chi connectivity index (χ4n) is 15.1. The highest BCUT2D eigenvalue weighted by atomic mass is 35.5. The van der Waals surface area contributed by atoms with Gasteiger partial charge in [-0.25, -0.2) is 44.0 Å². The van der Waals surface area contributed by atoms with Gasteiger partial charge in [0.15, 0.2) is 0 Å². The number of fused-ring (bicyclic) bond motifs is 6. The lowest BCUT2D eigenvalue weighted by Gasteiger charge is -2.35. The van der Waals surface area contributed by atoms with Crippen LogP contribution in [-0.2, 0) is 68.0 Å². The van der Waals surface area contributed by atoms with Crippen molar-refractivity contribution in [3.8, 4) is 22.3 Å². The van der Waals surface area contributed by atoms with Crippen LogP contribution in [0.4, 0.5) is 27.2 Å². The quantitative estimate of drug-likeness (QED) is 0.0222. The van der Waals surface area contributed by atoms with E-state index in [1.807, 2.05) is 107 Å². The summed E-state index contributed by atoms with van der Waals surface area (Å²) in [6.45, 7) is 10.3. The van der Waals surface area contributed by atoms with Gasteiger partial charge in [-0.2, -0.15) is 0 Å². The molecule has 10 aliphatic rings. The summed E-state index contributed by atoms with van der Waals surface area (Å²) in [7, 11) is -8.18. The number of hydrogen-bond acceptors (Lipinski definition) is 19. The standard InChI is InChI=1S/C38H45F2N5O8S.C32H37F2N5O6S.C6H9ClO2.CH4/c1-37(2,3)31(41-36(49)52-21-10-4-5-11-21)34(47)45-20-22(53-43-30-26-14-8-6-12-24(26)25-13-7-9-15-27(25)30)18-29(45)33(46)42-38(19-28(38)32(39)40)35(48)44-54(50,51)23-16-17-23;1-31(2,3)26(35)29(41)39-16-17(45-37-25-21-10-6-4-8-19(21)20-9-5-7-11-22(20)25)14-24(39)28(40)36-32(15-23(32)27(33)34)30(42)38-46(43,44)18-12-13-18;7-6(8)9-5-3-1-2-4-5;/h6-9,12-15,21-23,28-29,31-32H,4-5,10-11,16-20H2,1-3H3,(H,41,49)(H,42,46)(H,44,48);4-11,17-18,23-24,26-27H,12-16,35H2,1-3H3,(H,36,40)(H,38,42);5H,1-4H2;1H4/t22-,28+,29+,31-,38-;17-,23+,24+,26-,32-;;/m11../s1. The minimum Gasteiger partial charge on any atom is -0.450 e. The van der Waals surface area contributed by atoms with Crippen molar-refractivity contribution in [2.75, 3.05) is 13.1 Å². The molecule has 2 saturated heterocycles. The number of nitrogens with zero attached hydrogens (tertiary/aromatic N) is 4. The number of rotatable bonds is 21. The first-order valence-electron chi connectivity index (χ1n) is 36.9. The van der Waals surface area contributed by atoms with Crippen molar-refractivity contribution in [3.05, 3.63) is 119 Å². The summed E-state index contributed by atoms with van der Waals surface area (Å²) in [6.07, 6.45) is -0.822. The Balaban J connectivity index is 0.000000196. The number of hydrogen-bond donors (Lipinski definition) is 6. The van der Waals surface area contributed by atoms with Crippen molar-refractivity contribution in [2.24, 2.45) is 38.7 Å². The van der Waals surface area contributed by atoms with Crippen LogP contribution in [0.3, 0.4) is 0 Å². The smallest absolute Gasteiger partial charge is 0.408 e. The molecule has 14 rings (SSSR count). The van der Waals surface area contributed by atoms with Crippen molar-refractivity contribution in [2.45, 2.75) is 235 Å². The molecule has 2 aliphatic heterocycles. The van der Waals surface area contributed by atoms with Crippen molar-refractivity contribution in [3.63, 3.8) is 0 Å². The molecule has 0 bridgehead atoms. The highest BCUT2D eigenvalue weighted by Crippen LogP contribution is 2.51. The Morgan fingerprint density at radius 3 is 1.15 bits per heavy atom. The maximum Gasteiger partial charge on any atom is 0.408 e. The van der Waals surface area contributed by atoms with E-state index in [1.54, 1.807) is 41.5 Å². The molecule has 7 amide bonds. The number of alkyl carbamates (subject to hydrolysis) is 1. The topological polar surface area (TPSA) is 359 Å². The second-order valence-corrected chi connectivity index (χ2v) is 36.2. The van der Waals surface area contributed by atoms with Crippen molar-refractivity contribution < 1.29 is 91.9 Å². The number of sulfonamides is 2. The maximum absolute atomic E-state index is 14.5. The van der Waals surface area contributed by atoms with E-state index in [0.717, 1.165) is 83.0 Å². The first-order chi connectivity index (χ1) is 51.5. The Morgan fingerprint density at radius 1 is 0.509 bits per heavy atom. The first-order valence-corrected chi connectivity index (χ1v) is 40.4. The maximum atomic E-state index is 14.5. The van der Waals surface area contributed by atoms with Crippen LogP contribution in [0.5, 0.6) is 0 Å². The molecule has 33 heteroatoms. The molecule has 6 saturated carbocycles. The molecule has 7 N–H and O–H groups in total. The number of carbonyl (C=O) groups is 8. The average Bonchev–Trinajstić information content (AvgIpc) is 1.57. The molecular weight excluding hydrogens is 1500 g/mol. The molecule has 10 atom stereocenters. The van der Waals surface area contributed by atoms with Gasteiger partial charge in [-0.15, -0.1) is 0 Å². The zero-order chi connectivity index (χ0) is 78.4. The molecule has 0 spiro atoms. The summed E-state index contributed by atoms with van der Waals surface area (Å²) in [5.74, 6) is -8.72. The molecule has 4 aromatic rings. The van der Waals surface area contributed by atoms with Gasteiger partial charge in [0.1, 0.15) is 65.0 Å². The highest BCUT2D eigenvalue weighted by Gasteiger charge is 2.68. The highest BCUT2D eigenvalue weighted by molar-refractivity contribution is 7.91. The van der Waals surface area contributed by atoms with Crippen molar-refractivity contribution in [1.29, 1.82) is 0 Å². The third kappa shape index (κ3) is 17.9. The third-order valence-electron chi connectivity index (χ3n) is 21.8. The fourth-order valence-corrected chi connectivity index (χ4v) is 17.9. The van der Waals surface area contributed by atoms with E-state index in [2.05, 4.69) is 26.3 Å². The molecule has 8 aliphatic carbocycles.